The lowest BCUT2D eigenvalue weighted by molar-refractivity contribution is 0.0934. The molecule has 0 aliphatic rings. The highest BCUT2D eigenvalue weighted by atomic mass is 35.5. The lowest BCUT2D eigenvalue weighted by Gasteiger charge is -2.11. The molecule has 0 spiro atoms. The molecule has 1 atom stereocenters. The molecule has 0 aromatic carbocycles. The number of aromatic nitrogens is 2. The third-order valence-electron chi connectivity index (χ3n) is 2.32. The molecule has 1 aromatic heterocycles. The summed E-state index contributed by atoms with van der Waals surface area (Å²) in [5.74, 6) is -0.253. The van der Waals surface area contributed by atoms with Gasteiger partial charge in [-0.15, -0.1) is 0 Å². The van der Waals surface area contributed by atoms with Crippen LogP contribution in [-0.4, -0.2) is 33.4 Å². The summed E-state index contributed by atoms with van der Waals surface area (Å²) in [5, 5.41) is 15.9. The van der Waals surface area contributed by atoms with E-state index in [9.17, 15) is 4.79 Å². The minimum Gasteiger partial charge on any atom is -0.396 e. The summed E-state index contributed by atoms with van der Waals surface area (Å²) < 4.78 is 1.46. The molecule has 0 aliphatic heterocycles. The predicted octanol–water partition coefficient (Wildman–Crippen LogP) is 0.883. The van der Waals surface area contributed by atoms with E-state index in [1.165, 1.54) is 4.68 Å². The first-order valence-electron chi connectivity index (χ1n) is 5.08. The van der Waals surface area contributed by atoms with E-state index in [2.05, 4.69) is 10.4 Å². The van der Waals surface area contributed by atoms with Gasteiger partial charge in [0.05, 0.1) is 11.3 Å². The molecule has 16 heavy (non-hydrogen) atoms. The van der Waals surface area contributed by atoms with Crippen LogP contribution in [0.4, 0.5) is 0 Å². The number of nitrogens with one attached hydrogen (secondary N) is 1. The molecule has 0 fully saturated rings. The third-order valence-corrected chi connectivity index (χ3v) is 2.75. The van der Waals surface area contributed by atoms with Crippen molar-refractivity contribution in [1.82, 2.24) is 15.1 Å². The molecule has 0 aliphatic carbocycles. The Morgan fingerprint density at radius 2 is 2.31 bits per heavy atom. The van der Waals surface area contributed by atoms with E-state index >= 15 is 0 Å². The molecule has 0 saturated heterocycles. The van der Waals surface area contributed by atoms with Crippen molar-refractivity contribution in [2.75, 3.05) is 6.61 Å². The van der Waals surface area contributed by atoms with Crippen molar-refractivity contribution in [2.24, 2.45) is 7.05 Å². The Hall–Kier alpha value is -1.07. The number of carbonyl (C=O) groups is 1. The maximum absolute atomic E-state index is 11.9. The standard InChI is InChI=1S/C10H16ClN3O2/c1-6(4-5-15)12-10(16)8-7(2)13-14(3)9(8)11/h6,15H,4-5H2,1-3H3,(H,12,16). The van der Waals surface area contributed by atoms with E-state index in [-0.39, 0.29) is 18.6 Å². The highest BCUT2D eigenvalue weighted by Gasteiger charge is 2.19. The molecule has 1 heterocycles. The van der Waals surface area contributed by atoms with Gasteiger partial charge in [-0.2, -0.15) is 5.10 Å². The van der Waals surface area contributed by atoms with Gasteiger partial charge in [0.1, 0.15) is 5.15 Å². The van der Waals surface area contributed by atoms with Crippen molar-refractivity contribution in [3.8, 4) is 0 Å². The first-order valence-corrected chi connectivity index (χ1v) is 5.46. The van der Waals surface area contributed by atoms with E-state index in [4.69, 9.17) is 16.7 Å². The predicted molar refractivity (Wildman–Crippen MR) is 61.6 cm³/mol. The Kier molecular flexibility index (Phi) is 4.32. The second-order valence-electron chi connectivity index (χ2n) is 3.76. The van der Waals surface area contributed by atoms with Crippen LogP contribution < -0.4 is 5.32 Å². The van der Waals surface area contributed by atoms with E-state index in [1.807, 2.05) is 6.92 Å². The van der Waals surface area contributed by atoms with Gasteiger partial charge in [-0.3, -0.25) is 9.48 Å². The summed E-state index contributed by atoms with van der Waals surface area (Å²) in [6, 6.07) is -0.0897. The van der Waals surface area contributed by atoms with Crippen molar-refractivity contribution in [2.45, 2.75) is 26.3 Å². The highest BCUT2D eigenvalue weighted by Crippen LogP contribution is 2.18. The van der Waals surface area contributed by atoms with E-state index in [1.54, 1.807) is 14.0 Å². The number of nitrogens with zero attached hydrogens (tertiary/aromatic N) is 2. The Bertz CT molecular complexity index is 390. The Morgan fingerprint density at radius 3 is 2.75 bits per heavy atom. The van der Waals surface area contributed by atoms with Crippen molar-refractivity contribution < 1.29 is 9.90 Å². The monoisotopic (exact) mass is 245 g/mol. The maximum atomic E-state index is 11.9. The van der Waals surface area contributed by atoms with E-state index in [0.29, 0.717) is 22.8 Å². The van der Waals surface area contributed by atoms with Gasteiger partial charge in [0.2, 0.25) is 0 Å². The Morgan fingerprint density at radius 1 is 1.69 bits per heavy atom. The van der Waals surface area contributed by atoms with E-state index in [0.717, 1.165) is 0 Å². The van der Waals surface area contributed by atoms with Crippen molar-refractivity contribution in [3.05, 3.63) is 16.4 Å². The van der Waals surface area contributed by atoms with Crippen LogP contribution in [0.3, 0.4) is 0 Å². The lowest BCUT2D eigenvalue weighted by Crippen LogP contribution is -2.33. The molecule has 5 nitrogen and oxygen atoms in total. The van der Waals surface area contributed by atoms with Crippen LogP contribution in [0.1, 0.15) is 29.4 Å². The number of aliphatic hydroxyl groups excluding tert-OH is 1. The number of amides is 1. The number of halogens is 1. The van der Waals surface area contributed by atoms with Gasteiger partial charge in [0, 0.05) is 19.7 Å². The molecule has 0 radical (unpaired) electrons. The fourth-order valence-electron chi connectivity index (χ4n) is 1.45. The minimum absolute atomic E-state index is 0.0429. The van der Waals surface area contributed by atoms with Gasteiger partial charge in [0.25, 0.3) is 5.91 Å². The molecule has 1 unspecified atom stereocenters. The van der Waals surface area contributed by atoms with Crippen molar-refractivity contribution in [1.29, 1.82) is 0 Å². The van der Waals surface area contributed by atoms with Crippen molar-refractivity contribution >= 4 is 17.5 Å². The zero-order chi connectivity index (χ0) is 12.3. The SMILES string of the molecule is Cc1nn(C)c(Cl)c1C(=O)NC(C)CCO. The second-order valence-corrected chi connectivity index (χ2v) is 4.12. The number of carbonyl (C=O) groups excluding carboxylic acids is 1. The zero-order valence-electron chi connectivity index (χ0n) is 9.62. The molecule has 6 heteroatoms. The lowest BCUT2D eigenvalue weighted by atomic mass is 10.2. The molecule has 90 valence electrons. The molecule has 0 bridgehead atoms. The largest absolute Gasteiger partial charge is 0.396 e. The fraction of sp³-hybridized carbons (Fsp3) is 0.600. The van der Waals surface area contributed by atoms with Gasteiger partial charge >= 0.3 is 0 Å². The Balaban J connectivity index is 2.80. The summed E-state index contributed by atoms with van der Waals surface area (Å²) in [6.45, 7) is 3.60. The molecule has 0 saturated carbocycles. The zero-order valence-corrected chi connectivity index (χ0v) is 10.4. The van der Waals surface area contributed by atoms with Gasteiger partial charge in [0.15, 0.2) is 0 Å². The average Bonchev–Trinajstić information content (AvgIpc) is 2.41. The molecule has 1 rings (SSSR count). The van der Waals surface area contributed by atoms with Crippen LogP contribution in [-0.2, 0) is 7.05 Å². The number of aryl methyl sites for hydroxylation is 2. The van der Waals surface area contributed by atoms with Crippen LogP contribution in [0.25, 0.3) is 0 Å². The summed E-state index contributed by atoms with van der Waals surface area (Å²) >= 11 is 5.96. The molecular formula is C10H16ClN3O2. The fourth-order valence-corrected chi connectivity index (χ4v) is 1.71. The quantitative estimate of drug-likeness (QED) is 0.828. The van der Waals surface area contributed by atoms with Crippen LogP contribution in [0.15, 0.2) is 0 Å². The number of rotatable bonds is 4. The van der Waals surface area contributed by atoms with Crippen LogP contribution in [0.2, 0.25) is 5.15 Å². The number of hydrogen-bond acceptors (Lipinski definition) is 3. The van der Waals surface area contributed by atoms with Crippen molar-refractivity contribution in [3.63, 3.8) is 0 Å². The maximum Gasteiger partial charge on any atom is 0.256 e. The van der Waals surface area contributed by atoms with Gasteiger partial charge in [-0.1, -0.05) is 11.6 Å². The normalized spacial score (nSPS) is 12.6. The van der Waals surface area contributed by atoms with Gasteiger partial charge in [-0.05, 0) is 20.3 Å². The molecule has 1 aromatic rings. The van der Waals surface area contributed by atoms with E-state index < -0.39 is 0 Å². The molecule has 1 amide bonds. The van der Waals surface area contributed by atoms with Crippen LogP contribution in [0.5, 0.6) is 0 Å². The van der Waals surface area contributed by atoms with Gasteiger partial charge in [-0.25, -0.2) is 0 Å². The van der Waals surface area contributed by atoms with Crippen LogP contribution >= 0.6 is 11.6 Å². The molecular weight excluding hydrogens is 230 g/mol. The number of aliphatic hydroxyl groups is 1. The van der Waals surface area contributed by atoms with Crippen LogP contribution in [0, 0.1) is 6.92 Å². The number of hydrogen-bond donors (Lipinski definition) is 2. The minimum atomic E-state index is -0.253. The Labute approximate surface area is 99.4 Å². The summed E-state index contributed by atoms with van der Waals surface area (Å²) in [7, 11) is 1.68. The smallest absolute Gasteiger partial charge is 0.256 e. The topological polar surface area (TPSA) is 67.2 Å². The molecule has 2 N–H and O–H groups in total. The first-order chi connectivity index (χ1) is 7.47. The van der Waals surface area contributed by atoms with Gasteiger partial charge < -0.3 is 10.4 Å². The highest BCUT2D eigenvalue weighted by molar-refractivity contribution is 6.33. The third kappa shape index (κ3) is 2.74. The average molecular weight is 246 g/mol. The summed E-state index contributed by atoms with van der Waals surface area (Å²) in [6.07, 6.45) is 0.517. The first kappa shape index (κ1) is 13.0. The second kappa shape index (κ2) is 5.32. The summed E-state index contributed by atoms with van der Waals surface area (Å²) in [4.78, 5) is 11.9. The summed E-state index contributed by atoms with van der Waals surface area (Å²) in [5.41, 5.74) is 0.996.